The van der Waals surface area contributed by atoms with E-state index in [1.165, 1.54) is 24.0 Å². The standard InChI is InChI=1S/C19H26N6/c1-3-4-5-17-6-8-19(9-7-17)24-13-18(12-22-24)11-20-10-16(2)25-15-21-14-23-25/h6-9,12-16,20H,3-5,10-11H2,1-2H3/t16-/m0/s1. The number of rotatable bonds is 9. The van der Waals surface area contributed by atoms with Crippen molar-refractivity contribution in [3.63, 3.8) is 0 Å². The van der Waals surface area contributed by atoms with Gasteiger partial charge in [0.15, 0.2) is 0 Å². The Kier molecular flexibility index (Phi) is 5.95. The van der Waals surface area contributed by atoms with Crippen LogP contribution in [0.1, 0.15) is 43.9 Å². The highest BCUT2D eigenvalue weighted by atomic mass is 15.3. The van der Waals surface area contributed by atoms with Crippen LogP contribution in [0.15, 0.2) is 49.3 Å². The first-order valence-electron chi connectivity index (χ1n) is 8.94. The Hall–Kier alpha value is -2.47. The lowest BCUT2D eigenvalue weighted by Gasteiger charge is -2.11. The number of hydrogen-bond donors (Lipinski definition) is 1. The molecule has 0 fully saturated rings. The molecule has 1 atom stereocenters. The fraction of sp³-hybridized carbons (Fsp3) is 0.421. The van der Waals surface area contributed by atoms with Gasteiger partial charge in [-0.2, -0.15) is 10.2 Å². The van der Waals surface area contributed by atoms with Crippen molar-refractivity contribution in [2.24, 2.45) is 0 Å². The van der Waals surface area contributed by atoms with Gasteiger partial charge in [-0.3, -0.25) is 0 Å². The first kappa shape index (κ1) is 17.4. The van der Waals surface area contributed by atoms with Gasteiger partial charge in [0.25, 0.3) is 0 Å². The lowest BCUT2D eigenvalue weighted by molar-refractivity contribution is 0.452. The zero-order valence-electron chi connectivity index (χ0n) is 15.0. The number of aromatic nitrogens is 5. The molecule has 0 amide bonds. The summed E-state index contributed by atoms with van der Waals surface area (Å²) in [4.78, 5) is 3.98. The molecule has 0 unspecified atom stereocenters. The highest BCUT2D eigenvalue weighted by Crippen LogP contribution is 2.12. The molecule has 2 aromatic heterocycles. The van der Waals surface area contributed by atoms with Crippen LogP contribution in [0.25, 0.3) is 5.69 Å². The largest absolute Gasteiger partial charge is 0.310 e. The number of hydrogen-bond acceptors (Lipinski definition) is 4. The molecule has 3 aromatic rings. The second-order valence-corrected chi connectivity index (χ2v) is 6.42. The minimum atomic E-state index is 0.271. The summed E-state index contributed by atoms with van der Waals surface area (Å²) in [6.45, 7) is 5.96. The van der Waals surface area contributed by atoms with Crippen molar-refractivity contribution in [2.45, 2.75) is 45.7 Å². The third-order valence-electron chi connectivity index (χ3n) is 4.31. The van der Waals surface area contributed by atoms with Crippen molar-refractivity contribution in [1.29, 1.82) is 0 Å². The van der Waals surface area contributed by atoms with Crippen molar-refractivity contribution in [1.82, 2.24) is 29.9 Å². The predicted octanol–water partition coefficient (Wildman–Crippen LogP) is 3.16. The molecule has 25 heavy (non-hydrogen) atoms. The Labute approximate surface area is 148 Å². The SMILES string of the molecule is CCCCc1ccc(-n2cc(CNC[C@H](C)n3cncn3)cn2)cc1. The molecule has 0 radical (unpaired) electrons. The number of nitrogens with one attached hydrogen (secondary N) is 1. The Morgan fingerprint density at radius 3 is 2.68 bits per heavy atom. The average Bonchev–Trinajstić information content (AvgIpc) is 3.32. The van der Waals surface area contributed by atoms with E-state index < -0.39 is 0 Å². The summed E-state index contributed by atoms with van der Waals surface area (Å²) in [5.41, 5.74) is 3.66. The van der Waals surface area contributed by atoms with E-state index in [-0.39, 0.29) is 6.04 Å². The molecule has 132 valence electrons. The normalized spacial score (nSPS) is 12.4. The van der Waals surface area contributed by atoms with Crippen molar-refractivity contribution in [3.8, 4) is 5.69 Å². The van der Waals surface area contributed by atoms with E-state index >= 15 is 0 Å². The maximum atomic E-state index is 4.48. The van der Waals surface area contributed by atoms with Gasteiger partial charge in [-0.05, 0) is 37.5 Å². The van der Waals surface area contributed by atoms with Crippen molar-refractivity contribution in [2.75, 3.05) is 6.54 Å². The summed E-state index contributed by atoms with van der Waals surface area (Å²) >= 11 is 0. The van der Waals surface area contributed by atoms with Crippen LogP contribution in [0.3, 0.4) is 0 Å². The maximum absolute atomic E-state index is 4.48. The summed E-state index contributed by atoms with van der Waals surface area (Å²) in [6, 6.07) is 8.95. The molecular weight excluding hydrogens is 312 g/mol. The maximum Gasteiger partial charge on any atom is 0.137 e. The molecule has 6 heteroatoms. The molecule has 0 bridgehead atoms. The molecule has 2 heterocycles. The Balaban J connectivity index is 1.51. The van der Waals surface area contributed by atoms with Gasteiger partial charge in [-0.1, -0.05) is 25.5 Å². The number of benzene rings is 1. The minimum Gasteiger partial charge on any atom is -0.310 e. The number of aryl methyl sites for hydroxylation is 1. The van der Waals surface area contributed by atoms with E-state index in [0.29, 0.717) is 0 Å². The van der Waals surface area contributed by atoms with E-state index in [9.17, 15) is 0 Å². The summed E-state index contributed by atoms with van der Waals surface area (Å²) in [7, 11) is 0. The van der Waals surface area contributed by atoms with Gasteiger partial charge in [0, 0.05) is 24.8 Å². The van der Waals surface area contributed by atoms with E-state index in [1.807, 2.05) is 15.6 Å². The molecule has 1 N–H and O–H groups in total. The van der Waals surface area contributed by atoms with Gasteiger partial charge in [-0.25, -0.2) is 14.3 Å². The van der Waals surface area contributed by atoms with Gasteiger partial charge < -0.3 is 5.32 Å². The van der Waals surface area contributed by atoms with Crippen molar-refractivity contribution in [3.05, 3.63) is 60.4 Å². The van der Waals surface area contributed by atoms with Gasteiger partial charge in [0.1, 0.15) is 12.7 Å². The Bertz CT molecular complexity index is 745. The molecule has 0 saturated carbocycles. The highest BCUT2D eigenvalue weighted by Gasteiger charge is 2.06. The highest BCUT2D eigenvalue weighted by molar-refractivity contribution is 5.34. The Morgan fingerprint density at radius 2 is 1.96 bits per heavy atom. The lowest BCUT2D eigenvalue weighted by atomic mass is 10.1. The minimum absolute atomic E-state index is 0.271. The fourth-order valence-electron chi connectivity index (χ4n) is 2.75. The number of unbranched alkanes of at least 4 members (excludes halogenated alkanes) is 1. The second-order valence-electron chi connectivity index (χ2n) is 6.42. The smallest absolute Gasteiger partial charge is 0.137 e. The lowest BCUT2D eigenvalue weighted by Crippen LogP contribution is -2.23. The Morgan fingerprint density at radius 1 is 1.12 bits per heavy atom. The summed E-state index contributed by atoms with van der Waals surface area (Å²) in [5, 5.41) is 12.1. The van der Waals surface area contributed by atoms with Gasteiger partial charge in [-0.15, -0.1) is 0 Å². The topological polar surface area (TPSA) is 60.6 Å². The van der Waals surface area contributed by atoms with Crippen LogP contribution in [0.2, 0.25) is 0 Å². The first-order valence-corrected chi connectivity index (χ1v) is 8.94. The van der Waals surface area contributed by atoms with Crippen molar-refractivity contribution < 1.29 is 0 Å². The number of nitrogens with zero attached hydrogens (tertiary/aromatic N) is 5. The zero-order valence-corrected chi connectivity index (χ0v) is 15.0. The van der Waals surface area contributed by atoms with E-state index in [0.717, 1.165) is 25.2 Å². The van der Waals surface area contributed by atoms with E-state index in [1.54, 1.807) is 12.7 Å². The predicted molar refractivity (Wildman–Crippen MR) is 98.6 cm³/mol. The molecule has 0 aliphatic rings. The van der Waals surface area contributed by atoms with Gasteiger partial charge in [0.05, 0.1) is 17.9 Å². The van der Waals surface area contributed by atoms with Crippen LogP contribution >= 0.6 is 0 Å². The average molecular weight is 338 g/mol. The third kappa shape index (κ3) is 4.76. The van der Waals surface area contributed by atoms with E-state index in [2.05, 4.69) is 64.8 Å². The molecule has 0 spiro atoms. The van der Waals surface area contributed by atoms with Crippen LogP contribution in [-0.4, -0.2) is 31.1 Å². The molecule has 6 nitrogen and oxygen atoms in total. The fourth-order valence-corrected chi connectivity index (χ4v) is 2.75. The summed E-state index contributed by atoms with van der Waals surface area (Å²) < 4.78 is 3.79. The van der Waals surface area contributed by atoms with Crippen LogP contribution in [0.4, 0.5) is 0 Å². The molecule has 3 rings (SSSR count). The molecule has 0 aliphatic carbocycles. The third-order valence-corrected chi connectivity index (χ3v) is 4.31. The molecular formula is C19H26N6. The molecule has 0 saturated heterocycles. The molecule has 0 aliphatic heterocycles. The summed E-state index contributed by atoms with van der Waals surface area (Å²) in [6.07, 6.45) is 10.9. The van der Waals surface area contributed by atoms with Crippen LogP contribution in [-0.2, 0) is 13.0 Å². The first-order chi connectivity index (χ1) is 12.3. The van der Waals surface area contributed by atoms with Gasteiger partial charge >= 0.3 is 0 Å². The monoisotopic (exact) mass is 338 g/mol. The van der Waals surface area contributed by atoms with E-state index in [4.69, 9.17) is 0 Å². The molecule has 1 aromatic carbocycles. The van der Waals surface area contributed by atoms with Crippen LogP contribution in [0.5, 0.6) is 0 Å². The van der Waals surface area contributed by atoms with Crippen molar-refractivity contribution >= 4 is 0 Å². The quantitative estimate of drug-likeness (QED) is 0.651. The van der Waals surface area contributed by atoms with Gasteiger partial charge in [0.2, 0.25) is 0 Å². The zero-order chi connectivity index (χ0) is 17.5. The summed E-state index contributed by atoms with van der Waals surface area (Å²) in [5.74, 6) is 0. The second kappa shape index (κ2) is 8.58. The van der Waals surface area contributed by atoms with Crippen LogP contribution < -0.4 is 5.32 Å². The van der Waals surface area contributed by atoms with Crippen LogP contribution in [0, 0.1) is 0 Å².